The second-order valence-electron chi connectivity index (χ2n) is 9.98. The van der Waals surface area contributed by atoms with Crippen LogP contribution in [0.5, 0.6) is 0 Å². The minimum Gasteiger partial charge on any atom is -0.356 e. The number of hydrogen-bond donors (Lipinski definition) is 2. The number of aromatic nitrogens is 3. The van der Waals surface area contributed by atoms with Gasteiger partial charge < -0.3 is 15.5 Å². The van der Waals surface area contributed by atoms with Gasteiger partial charge in [-0.15, -0.1) is 0 Å². The Bertz CT molecular complexity index is 1290. The van der Waals surface area contributed by atoms with Crippen LogP contribution in [0, 0.1) is 11.8 Å². The van der Waals surface area contributed by atoms with Gasteiger partial charge in [-0.1, -0.05) is 42.3 Å². The molecular weight excluding hydrogens is 539 g/mol. The lowest BCUT2D eigenvalue weighted by molar-refractivity contribution is -0.125. The number of pyridine rings is 1. The molecule has 11 heteroatoms. The van der Waals surface area contributed by atoms with E-state index in [-0.39, 0.29) is 41.2 Å². The summed E-state index contributed by atoms with van der Waals surface area (Å²) >= 11 is 12.1. The number of nitrogens with one attached hydrogen (secondary N) is 2. The molecule has 0 spiro atoms. The van der Waals surface area contributed by atoms with E-state index in [1.54, 1.807) is 25.4 Å². The van der Waals surface area contributed by atoms with Crippen LogP contribution in [0.2, 0.25) is 5.02 Å². The lowest BCUT2D eigenvalue weighted by Crippen LogP contribution is -2.41. The van der Waals surface area contributed by atoms with Crippen LogP contribution in [-0.4, -0.2) is 52.3 Å². The minimum atomic E-state index is -0.359. The number of hydrogen-bond acceptors (Lipinski definition) is 6. The van der Waals surface area contributed by atoms with Gasteiger partial charge in [-0.05, 0) is 43.5 Å². The Hall–Kier alpha value is -3.17. The molecule has 39 heavy (non-hydrogen) atoms. The predicted octanol–water partition coefficient (Wildman–Crippen LogP) is 3.54. The second-order valence-corrected chi connectivity index (χ2v) is 10.9. The molecule has 2 aliphatic rings. The number of allylic oxidation sites excluding steroid dienone is 3. The van der Waals surface area contributed by atoms with Crippen molar-refractivity contribution >= 4 is 40.8 Å². The molecule has 0 aromatic carbocycles. The first-order chi connectivity index (χ1) is 18.7. The van der Waals surface area contributed by atoms with Crippen molar-refractivity contribution in [3.05, 3.63) is 74.8 Å². The summed E-state index contributed by atoms with van der Waals surface area (Å²) in [5.41, 5.74) is 0.587. The van der Waals surface area contributed by atoms with Gasteiger partial charge in [0.25, 0.3) is 5.56 Å². The Morgan fingerprint density at radius 3 is 2.67 bits per heavy atom. The summed E-state index contributed by atoms with van der Waals surface area (Å²) in [6.07, 6.45) is 10.1. The topological polar surface area (TPSA) is 109 Å². The molecular formula is C28H34Cl2N6O3. The number of carbonyl (C=O) groups excluding carboxylic acids is 2. The maximum atomic E-state index is 13.4. The van der Waals surface area contributed by atoms with Gasteiger partial charge in [-0.2, -0.15) is 5.10 Å². The molecule has 1 aliphatic heterocycles. The highest BCUT2D eigenvalue weighted by molar-refractivity contribution is 6.31. The first kappa shape index (κ1) is 28.8. The fourth-order valence-corrected chi connectivity index (χ4v) is 5.37. The SMILES string of the molecule is CCC(=O)N[C@@H](CCCNC(=O)[C@@H]1CN(c2ccc(=O)n(C)n2)C[C@H]1c1ccc(Cl)cn1)C1C=CC(Cl)=CC1. The van der Waals surface area contributed by atoms with E-state index in [1.807, 2.05) is 36.1 Å². The second kappa shape index (κ2) is 13.3. The summed E-state index contributed by atoms with van der Waals surface area (Å²) in [5.74, 6) is 0.218. The zero-order chi connectivity index (χ0) is 27.9. The summed E-state index contributed by atoms with van der Waals surface area (Å²) in [6.45, 7) is 3.30. The zero-order valence-corrected chi connectivity index (χ0v) is 23.7. The van der Waals surface area contributed by atoms with Crippen LogP contribution >= 0.6 is 23.2 Å². The van der Waals surface area contributed by atoms with Crippen molar-refractivity contribution in [2.24, 2.45) is 18.9 Å². The Morgan fingerprint density at radius 1 is 1.18 bits per heavy atom. The largest absolute Gasteiger partial charge is 0.356 e. The van der Waals surface area contributed by atoms with Crippen LogP contribution in [0.25, 0.3) is 0 Å². The highest BCUT2D eigenvalue weighted by Gasteiger charge is 2.40. The summed E-state index contributed by atoms with van der Waals surface area (Å²) in [7, 11) is 1.61. The summed E-state index contributed by atoms with van der Waals surface area (Å²) in [4.78, 5) is 43.9. The third-order valence-electron chi connectivity index (χ3n) is 7.32. The highest BCUT2D eigenvalue weighted by Crippen LogP contribution is 2.34. The molecule has 1 aliphatic carbocycles. The van der Waals surface area contributed by atoms with Gasteiger partial charge in [0.1, 0.15) is 5.82 Å². The Morgan fingerprint density at radius 2 is 2.00 bits per heavy atom. The Kier molecular flexibility index (Phi) is 9.80. The van der Waals surface area contributed by atoms with Crippen molar-refractivity contribution in [1.29, 1.82) is 0 Å². The smallest absolute Gasteiger partial charge is 0.266 e. The minimum absolute atomic E-state index is 0.00876. The standard InChI is InChI=1S/C28H34Cl2N6O3/c1-3-26(37)33-23(18-6-8-19(29)9-7-18)5-4-14-31-28(39)22-17-36(25-12-13-27(38)35(2)34-25)16-21(22)24-11-10-20(30)15-32-24/h6,8-13,15,18,21-23H,3-5,7,14,16-17H2,1-2H3,(H,31,39)(H,33,37)/t18?,21-,22-,23+/m1/s1. The van der Waals surface area contributed by atoms with E-state index < -0.39 is 0 Å². The average molecular weight is 574 g/mol. The lowest BCUT2D eigenvalue weighted by atomic mass is 9.89. The van der Waals surface area contributed by atoms with Gasteiger partial charge in [0.05, 0.1) is 10.9 Å². The number of aryl methyl sites for hydroxylation is 1. The van der Waals surface area contributed by atoms with E-state index in [0.29, 0.717) is 48.3 Å². The van der Waals surface area contributed by atoms with Crippen molar-refractivity contribution in [1.82, 2.24) is 25.4 Å². The molecule has 1 fully saturated rings. The number of rotatable bonds is 10. The van der Waals surface area contributed by atoms with Gasteiger partial charge in [0, 0.05) is 74.0 Å². The molecule has 2 aromatic rings. The summed E-state index contributed by atoms with van der Waals surface area (Å²) in [6, 6.07) is 6.75. The maximum Gasteiger partial charge on any atom is 0.266 e. The fourth-order valence-electron chi connectivity index (χ4n) is 5.10. The monoisotopic (exact) mass is 572 g/mol. The average Bonchev–Trinajstić information content (AvgIpc) is 3.38. The first-order valence-corrected chi connectivity index (χ1v) is 14.0. The predicted molar refractivity (Wildman–Crippen MR) is 153 cm³/mol. The molecule has 9 nitrogen and oxygen atoms in total. The highest BCUT2D eigenvalue weighted by atomic mass is 35.5. The third kappa shape index (κ3) is 7.48. The van der Waals surface area contributed by atoms with Gasteiger partial charge in [-0.3, -0.25) is 19.4 Å². The summed E-state index contributed by atoms with van der Waals surface area (Å²) < 4.78 is 1.29. The molecule has 208 valence electrons. The Labute approximate surface area is 238 Å². The molecule has 4 rings (SSSR count). The van der Waals surface area contributed by atoms with Gasteiger partial charge in [0.15, 0.2) is 0 Å². The zero-order valence-electron chi connectivity index (χ0n) is 22.1. The van der Waals surface area contributed by atoms with E-state index in [1.165, 1.54) is 10.7 Å². The van der Waals surface area contributed by atoms with Crippen molar-refractivity contribution in [3.63, 3.8) is 0 Å². The fraction of sp³-hybridized carbons (Fsp3) is 0.464. The van der Waals surface area contributed by atoms with E-state index >= 15 is 0 Å². The van der Waals surface area contributed by atoms with Crippen LogP contribution in [0.15, 0.2) is 58.5 Å². The maximum absolute atomic E-state index is 13.4. The Balaban J connectivity index is 1.40. The molecule has 3 heterocycles. The van der Waals surface area contributed by atoms with E-state index in [2.05, 4.69) is 20.7 Å². The number of anilines is 1. The van der Waals surface area contributed by atoms with Crippen LogP contribution in [0.4, 0.5) is 5.82 Å². The molecule has 1 saturated heterocycles. The van der Waals surface area contributed by atoms with Crippen molar-refractivity contribution in [2.45, 2.75) is 44.6 Å². The normalized spacial score (nSPS) is 21.4. The molecule has 0 saturated carbocycles. The molecule has 1 unspecified atom stereocenters. The molecule has 0 radical (unpaired) electrons. The third-order valence-corrected chi connectivity index (χ3v) is 7.82. The van der Waals surface area contributed by atoms with Crippen LogP contribution in [0.3, 0.4) is 0 Å². The van der Waals surface area contributed by atoms with Crippen LogP contribution in [0.1, 0.15) is 44.2 Å². The van der Waals surface area contributed by atoms with Crippen LogP contribution < -0.4 is 21.1 Å². The van der Waals surface area contributed by atoms with Crippen LogP contribution in [-0.2, 0) is 16.6 Å². The number of amides is 2. The number of nitrogens with zero attached hydrogens (tertiary/aromatic N) is 4. The molecule has 2 amide bonds. The molecule has 2 aromatic heterocycles. The lowest BCUT2D eigenvalue weighted by Gasteiger charge is -2.27. The number of halogens is 2. The quantitative estimate of drug-likeness (QED) is 0.421. The van der Waals surface area contributed by atoms with E-state index in [0.717, 1.165) is 18.5 Å². The molecule has 4 atom stereocenters. The molecule has 0 bridgehead atoms. The van der Waals surface area contributed by atoms with E-state index in [9.17, 15) is 14.4 Å². The first-order valence-electron chi connectivity index (χ1n) is 13.3. The number of carbonyl (C=O) groups is 2. The molecule has 2 N–H and O–H groups in total. The van der Waals surface area contributed by atoms with Crippen molar-refractivity contribution in [3.8, 4) is 0 Å². The van der Waals surface area contributed by atoms with Crippen molar-refractivity contribution in [2.75, 3.05) is 24.5 Å². The van der Waals surface area contributed by atoms with Crippen molar-refractivity contribution < 1.29 is 9.59 Å². The van der Waals surface area contributed by atoms with Gasteiger partial charge >= 0.3 is 0 Å². The van der Waals surface area contributed by atoms with E-state index in [4.69, 9.17) is 23.2 Å². The van der Waals surface area contributed by atoms with Gasteiger partial charge in [0.2, 0.25) is 11.8 Å². The summed E-state index contributed by atoms with van der Waals surface area (Å²) in [5, 5.41) is 11.8. The van der Waals surface area contributed by atoms with Gasteiger partial charge in [-0.25, -0.2) is 4.68 Å².